The molecule has 2 bridgehead atoms. The summed E-state index contributed by atoms with van der Waals surface area (Å²) >= 11 is 3.64. The maximum Gasteiger partial charge on any atom is 0.274 e. The number of nitrogens with zero attached hydrogens (tertiary/aromatic N) is 2. The molecule has 2 fully saturated rings. The summed E-state index contributed by atoms with van der Waals surface area (Å²) in [6.07, 6.45) is 1.15. The first-order chi connectivity index (χ1) is 9.31. The summed E-state index contributed by atoms with van der Waals surface area (Å²) in [5.74, 6) is 1.16. The van der Waals surface area contributed by atoms with Gasteiger partial charge >= 0.3 is 0 Å². The van der Waals surface area contributed by atoms with Gasteiger partial charge in [-0.05, 0) is 23.9 Å². The number of aromatic amines is 1. The number of nitrogens with one attached hydrogen (secondary N) is 1. The van der Waals surface area contributed by atoms with E-state index >= 15 is 0 Å². The predicted octanol–water partition coefficient (Wildman–Crippen LogP) is 2.47. The quantitative estimate of drug-likeness (QED) is 0.924. The third-order valence-corrected chi connectivity index (χ3v) is 6.04. The third kappa shape index (κ3) is 1.90. The van der Waals surface area contributed by atoms with Gasteiger partial charge < -0.3 is 4.90 Å². The minimum atomic E-state index is 0.0758. The van der Waals surface area contributed by atoms with E-state index in [1.807, 2.05) is 40.2 Å². The number of thiophene rings is 1. The van der Waals surface area contributed by atoms with E-state index in [-0.39, 0.29) is 5.91 Å². The molecule has 4 nitrogen and oxygen atoms in total. The number of carbonyl (C=O) groups is 1. The number of hydrogen-bond donors (Lipinski definition) is 1. The van der Waals surface area contributed by atoms with Crippen molar-refractivity contribution in [3.8, 4) is 10.6 Å². The molecule has 2 saturated heterocycles. The fourth-order valence-electron chi connectivity index (χ4n) is 2.78. The lowest BCUT2D eigenvalue weighted by molar-refractivity contribution is 0.0741. The Labute approximate surface area is 119 Å². The molecular weight excluding hydrogens is 278 g/mol. The summed E-state index contributed by atoms with van der Waals surface area (Å²) in [5.41, 5.74) is 1.47. The van der Waals surface area contributed by atoms with Gasteiger partial charge in [0.2, 0.25) is 0 Å². The van der Waals surface area contributed by atoms with Crippen molar-refractivity contribution in [2.45, 2.75) is 17.7 Å². The molecule has 0 aromatic carbocycles. The molecule has 2 aromatic heterocycles. The van der Waals surface area contributed by atoms with E-state index in [4.69, 9.17) is 0 Å². The second-order valence-corrected chi connectivity index (χ2v) is 7.23. The van der Waals surface area contributed by atoms with Gasteiger partial charge in [-0.25, -0.2) is 0 Å². The van der Waals surface area contributed by atoms with Gasteiger partial charge in [0.1, 0.15) is 0 Å². The number of carbonyl (C=O) groups excluding carboxylic acids is 1. The standard InChI is InChI=1S/C13H13N3OS2/c17-13(16-6-9-4-8(16)7-19-9)11-5-10(14-15-11)12-2-1-3-18-12/h1-3,5,8-9H,4,6-7H2,(H,14,15). The topological polar surface area (TPSA) is 49.0 Å². The maximum atomic E-state index is 12.5. The average Bonchev–Trinajstić information content (AvgIpc) is 3.18. The number of rotatable bonds is 2. The number of likely N-dealkylation sites (tertiary alicyclic amines) is 1. The smallest absolute Gasteiger partial charge is 0.274 e. The van der Waals surface area contributed by atoms with Crippen LogP contribution in [0.3, 0.4) is 0 Å². The first-order valence-corrected chi connectivity index (χ1v) is 8.26. The largest absolute Gasteiger partial charge is 0.332 e. The summed E-state index contributed by atoms with van der Waals surface area (Å²) in [6, 6.07) is 6.32. The second kappa shape index (κ2) is 4.38. The Morgan fingerprint density at radius 3 is 3.16 bits per heavy atom. The summed E-state index contributed by atoms with van der Waals surface area (Å²) in [6.45, 7) is 0.884. The zero-order valence-electron chi connectivity index (χ0n) is 10.2. The fourth-order valence-corrected chi connectivity index (χ4v) is 4.91. The highest BCUT2D eigenvalue weighted by atomic mass is 32.2. The minimum absolute atomic E-state index is 0.0758. The van der Waals surface area contributed by atoms with Crippen LogP contribution in [0.2, 0.25) is 0 Å². The number of thioether (sulfide) groups is 1. The lowest BCUT2D eigenvalue weighted by atomic mass is 10.2. The number of amides is 1. The Bertz CT molecular complexity index is 607. The summed E-state index contributed by atoms with van der Waals surface area (Å²) in [4.78, 5) is 15.6. The fraction of sp³-hybridized carbons (Fsp3) is 0.385. The first kappa shape index (κ1) is 11.5. The van der Waals surface area contributed by atoms with Crippen molar-refractivity contribution in [3.05, 3.63) is 29.3 Å². The Morgan fingerprint density at radius 2 is 2.47 bits per heavy atom. The molecule has 0 radical (unpaired) electrons. The maximum absolute atomic E-state index is 12.5. The zero-order valence-corrected chi connectivity index (χ0v) is 11.8. The molecule has 2 aliphatic rings. The number of H-pyrrole nitrogens is 1. The van der Waals surface area contributed by atoms with Crippen LogP contribution >= 0.6 is 23.1 Å². The van der Waals surface area contributed by atoms with Crippen LogP contribution in [-0.4, -0.2) is 44.6 Å². The van der Waals surface area contributed by atoms with Crippen molar-refractivity contribution in [2.75, 3.05) is 12.3 Å². The van der Waals surface area contributed by atoms with Gasteiger partial charge in [0.15, 0.2) is 5.69 Å². The highest BCUT2D eigenvalue weighted by Gasteiger charge is 2.41. The number of hydrogen-bond acceptors (Lipinski definition) is 4. The SMILES string of the molecule is O=C(c1cc(-c2cccs2)[nH]n1)N1CC2CC1CS2. The van der Waals surface area contributed by atoms with Crippen molar-refractivity contribution in [2.24, 2.45) is 0 Å². The Hall–Kier alpha value is -1.27. The summed E-state index contributed by atoms with van der Waals surface area (Å²) in [7, 11) is 0. The van der Waals surface area contributed by atoms with Crippen LogP contribution in [0, 0.1) is 0 Å². The predicted molar refractivity (Wildman–Crippen MR) is 77.6 cm³/mol. The van der Waals surface area contributed by atoms with E-state index in [0.717, 1.165) is 29.3 Å². The molecule has 2 atom stereocenters. The Morgan fingerprint density at radius 1 is 1.53 bits per heavy atom. The molecule has 2 aliphatic heterocycles. The van der Waals surface area contributed by atoms with Crippen LogP contribution in [0.5, 0.6) is 0 Å². The van der Waals surface area contributed by atoms with Crippen LogP contribution in [0.1, 0.15) is 16.9 Å². The minimum Gasteiger partial charge on any atom is -0.332 e. The molecule has 0 saturated carbocycles. The Balaban J connectivity index is 1.58. The molecule has 4 rings (SSSR count). The molecule has 1 N–H and O–H groups in total. The second-order valence-electron chi connectivity index (χ2n) is 4.95. The van der Waals surface area contributed by atoms with Crippen LogP contribution in [-0.2, 0) is 0 Å². The van der Waals surface area contributed by atoms with Crippen molar-refractivity contribution in [1.29, 1.82) is 0 Å². The van der Waals surface area contributed by atoms with E-state index in [1.165, 1.54) is 0 Å². The molecule has 98 valence electrons. The molecule has 2 aromatic rings. The molecular formula is C13H13N3OS2. The van der Waals surface area contributed by atoms with Crippen molar-refractivity contribution < 1.29 is 4.79 Å². The van der Waals surface area contributed by atoms with Gasteiger partial charge in [-0.2, -0.15) is 16.9 Å². The molecule has 2 unspecified atom stereocenters. The first-order valence-electron chi connectivity index (χ1n) is 6.33. The van der Waals surface area contributed by atoms with E-state index < -0.39 is 0 Å². The van der Waals surface area contributed by atoms with Crippen LogP contribution in [0.15, 0.2) is 23.6 Å². The normalized spacial score (nSPS) is 25.2. The van der Waals surface area contributed by atoms with Gasteiger partial charge in [-0.3, -0.25) is 9.89 Å². The molecule has 1 amide bonds. The van der Waals surface area contributed by atoms with Crippen LogP contribution < -0.4 is 0 Å². The lowest BCUT2D eigenvalue weighted by Gasteiger charge is -2.25. The van der Waals surface area contributed by atoms with E-state index in [2.05, 4.69) is 10.2 Å². The average molecular weight is 291 g/mol. The Kier molecular flexibility index (Phi) is 2.66. The summed E-state index contributed by atoms with van der Waals surface area (Å²) in [5, 5.41) is 9.81. The van der Waals surface area contributed by atoms with Crippen molar-refractivity contribution in [1.82, 2.24) is 15.1 Å². The van der Waals surface area contributed by atoms with Crippen molar-refractivity contribution >= 4 is 29.0 Å². The molecule has 6 heteroatoms. The molecule has 0 aliphatic carbocycles. The van der Waals surface area contributed by atoms with Gasteiger partial charge in [0.25, 0.3) is 5.91 Å². The number of fused-ring (bicyclic) bond motifs is 2. The third-order valence-electron chi connectivity index (χ3n) is 3.74. The van der Waals surface area contributed by atoms with E-state index in [0.29, 0.717) is 17.0 Å². The highest BCUT2D eigenvalue weighted by Crippen LogP contribution is 2.38. The van der Waals surface area contributed by atoms with E-state index in [9.17, 15) is 4.79 Å². The van der Waals surface area contributed by atoms with Crippen molar-refractivity contribution in [3.63, 3.8) is 0 Å². The molecule has 0 spiro atoms. The van der Waals surface area contributed by atoms with Crippen LogP contribution in [0.4, 0.5) is 0 Å². The highest BCUT2D eigenvalue weighted by molar-refractivity contribution is 8.00. The van der Waals surface area contributed by atoms with Crippen LogP contribution in [0.25, 0.3) is 10.6 Å². The lowest BCUT2D eigenvalue weighted by Crippen LogP contribution is -2.39. The van der Waals surface area contributed by atoms with Gasteiger partial charge in [0.05, 0.1) is 10.6 Å². The number of aromatic nitrogens is 2. The molecule has 19 heavy (non-hydrogen) atoms. The monoisotopic (exact) mass is 291 g/mol. The summed E-state index contributed by atoms with van der Waals surface area (Å²) < 4.78 is 0. The molecule has 4 heterocycles. The van der Waals surface area contributed by atoms with Gasteiger partial charge in [-0.1, -0.05) is 6.07 Å². The van der Waals surface area contributed by atoms with Gasteiger partial charge in [-0.15, -0.1) is 11.3 Å². The zero-order chi connectivity index (χ0) is 12.8. The van der Waals surface area contributed by atoms with Gasteiger partial charge in [0, 0.05) is 23.6 Å². The van der Waals surface area contributed by atoms with E-state index in [1.54, 1.807) is 11.3 Å².